The molecule has 2 nitrogen and oxygen atoms in total. The molecule has 0 aromatic heterocycles. The number of anilines is 1. The number of hydrogen-bond donors (Lipinski definition) is 1. The lowest BCUT2D eigenvalue weighted by Gasteiger charge is -2.60. The van der Waals surface area contributed by atoms with Crippen molar-refractivity contribution in [2.45, 2.75) is 38.5 Å². The van der Waals surface area contributed by atoms with Crippen LogP contribution in [-0.4, -0.2) is 6.54 Å². The average Bonchev–Trinajstić information content (AvgIpc) is 2.59. The molecule has 0 amide bonds. The number of fused-ring (bicyclic) bond motifs is 1. The molecule has 2 aromatic rings. The first-order chi connectivity index (χ1) is 11.7. The Balaban J connectivity index is 1.43. The van der Waals surface area contributed by atoms with Gasteiger partial charge in [-0.1, -0.05) is 36.4 Å². The summed E-state index contributed by atoms with van der Waals surface area (Å²) in [7, 11) is 0. The van der Waals surface area contributed by atoms with Gasteiger partial charge in [-0.25, -0.2) is 0 Å². The van der Waals surface area contributed by atoms with E-state index in [1.54, 1.807) is 0 Å². The molecule has 0 spiro atoms. The van der Waals surface area contributed by atoms with E-state index >= 15 is 0 Å². The molecule has 4 aliphatic rings. The summed E-state index contributed by atoms with van der Waals surface area (Å²) in [6.45, 7) is 1.03. The Morgan fingerprint density at radius 3 is 2.54 bits per heavy atom. The van der Waals surface area contributed by atoms with Gasteiger partial charge < -0.3 is 5.32 Å². The van der Waals surface area contributed by atoms with E-state index < -0.39 is 0 Å². The van der Waals surface area contributed by atoms with Crippen molar-refractivity contribution in [3.05, 3.63) is 42.5 Å². The zero-order valence-electron chi connectivity index (χ0n) is 14.1. The topological polar surface area (TPSA) is 35.8 Å². The van der Waals surface area contributed by atoms with E-state index in [2.05, 4.69) is 53.9 Å². The van der Waals surface area contributed by atoms with E-state index in [9.17, 15) is 5.26 Å². The molecule has 4 saturated carbocycles. The molecule has 24 heavy (non-hydrogen) atoms. The summed E-state index contributed by atoms with van der Waals surface area (Å²) in [4.78, 5) is 0. The van der Waals surface area contributed by atoms with Crippen LogP contribution in [0.15, 0.2) is 42.5 Å². The number of benzene rings is 2. The standard InChI is InChI=1S/C22H24N2/c23-14-21-9-16-8-17(10-21)12-22(11-16,13-21)15-24-20-7-3-5-18-4-1-2-6-19(18)20/h1-7,16-17,24H,8-13,15H2. The molecule has 0 saturated heterocycles. The van der Waals surface area contributed by atoms with Gasteiger partial charge in [-0.3, -0.25) is 0 Å². The summed E-state index contributed by atoms with van der Waals surface area (Å²) in [5.41, 5.74) is 1.58. The molecular weight excluding hydrogens is 292 g/mol. The molecule has 4 bridgehead atoms. The molecule has 0 aliphatic heterocycles. The van der Waals surface area contributed by atoms with Crippen molar-refractivity contribution in [2.75, 3.05) is 11.9 Å². The van der Waals surface area contributed by atoms with Crippen LogP contribution in [0.1, 0.15) is 38.5 Å². The maximum absolute atomic E-state index is 9.80. The highest BCUT2D eigenvalue weighted by Crippen LogP contribution is 2.65. The van der Waals surface area contributed by atoms with E-state index in [0.717, 1.165) is 37.6 Å². The van der Waals surface area contributed by atoms with Crippen molar-refractivity contribution in [2.24, 2.45) is 22.7 Å². The van der Waals surface area contributed by atoms with E-state index in [4.69, 9.17) is 0 Å². The molecule has 2 unspecified atom stereocenters. The fourth-order valence-electron chi connectivity index (χ4n) is 6.45. The minimum absolute atomic E-state index is 0.00941. The normalized spacial score (nSPS) is 36.6. The zero-order chi connectivity index (χ0) is 16.2. The van der Waals surface area contributed by atoms with E-state index in [1.807, 2.05) is 0 Å². The molecule has 122 valence electrons. The summed E-state index contributed by atoms with van der Waals surface area (Å²) in [5, 5.41) is 16.2. The van der Waals surface area contributed by atoms with Crippen molar-refractivity contribution < 1.29 is 0 Å². The lowest BCUT2D eigenvalue weighted by atomic mass is 9.44. The Labute approximate surface area is 143 Å². The molecule has 4 fully saturated rings. The molecule has 2 atom stereocenters. The van der Waals surface area contributed by atoms with Crippen molar-refractivity contribution >= 4 is 16.5 Å². The summed E-state index contributed by atoms with van der Waals surface area (Å²) < 4.78 is 0. The lowest BCUT2D eigenvalue weighted by Crippen LogP contribution is -2.53. The molecular formula is C22H24N2. The third-order valence-electron chi connectivity index (χ3n) is 6.86. The first-order valence-electron chi connectivity index (χ1n) is 9.32. The second-order valence-electron chi connectivity index (χ2n) is 8.73. The van der Waals surface area contributed by atoms with Crippen molar-refractivity contribution in [3.63, 3.8) is 0 Å². The van der Waals surface area contributed by atoms with Crippen molar-refractivity contribution in [3.8, 4) is 6.07 Å². The highest BCUT2D eigenvalue weighted by Gasteiger charge is 2.57. The summed E-state index contributed by atoms with van der Waals surface area (Å²) in [6.07, 6.45) is 7.46. The van der Waals surface area contributed by atoms with E-state index in [1.165, 1.54) is 35.7 Å². The van der Waals surface area contributed by atoms with Gasteiger partial charge in [0.1, 0.15) is 0 Å². The van der Waals surface area contributed by atoms with Crippen molar-refractivity contribution in [1.82, 2.24) is 0 Å². The molecule has 2 aromatic carbocycles. The average molecular weight is 316 g/mol. The van der Waals surface area contributed by atoms with Gasteiger partial charge >= 0.3 is 0 Å². The molecule has 6 rings (SSSR count). The molecule has 4 aliphatic carbocycles. The smallest absolute Gasteiger partial charge is 0.0690 e. The van der Waals surface area contributed by atoms with Gasteiger partial charge in [0.15, 0.2) is 0 Å². The predicted molar refractivity (Wildman–Crippen MR) is 97.6 cm³/mol. The van der Waals surface area contributed by atoms with Crippen LogP contribution in [0.25, 0.3) is 10.8 Å². The van der Waals surface area contributed by atoms with E-state index in [-0.39, 0.29) is 5.41 Å². The molecule has 2 heteroatoms. The fourth-order valence-corrected chi connectivity index (χ4v) is 6.45. The number of nitrogens with zero attached hydrogens (tertiary/aromatic N) is 1. The van der Waals surface area contributed by atoms with E-state index in [0.29, 0.717) is 5.41 Å². The third kappa shape index (κ3) is 2.14. The lowest BCUT2D eigenvalue weighted by molar-refractivity contribution is -0.0766. The van der Waals surface area contributed by atoms with Gasteiger partial charge in [0.25, 0.3) is 0 Å². The highest BCUT2D eigenvalue weighted by molar-refractivity contribution is 5.93. The van der Waals surface area contributed by atoms with Crippen LogP contribution in [0.2, 0.25) is 0 Å². The minimum atomic E-state index is -0.00941. The van der Waals surface area contributed by atoms with Crippen LogP contribution in [0.3, 0.4) is 0 Å². The maximum Gasteiger partial charge on any atom is 0.0690 e. The Morgan fingerprint density at radius 2 is 1.75 bits per heavy atom. The first kappa shape index (κ1) is 14.3. The maximum atomic E-state index is 9.80. The predicted octanol–water partition coefficient (Wildman–Crippen LogP) is 5.36. The Hall–Kier alpha value is -2.01. The quantitative estimate of drug-likeness (QED) is 0.827. The van der Waals surface area contributed by atoms with Crippen LogP contribution < -0.4 is 5.32 Å². The fraction of sp³-hybridized carbons (Fsp3) is 0.500. The summed E-state index contributed by atoms with van der Waals surface area (Å²) >= 11 is 0. The van der Waals surface area contributed by atoms with Crippen LogP contribution >= 0.6 is 0 Å². The van der Waals surface area contributed by atoms with Gasteiger partial charge in [0.2, 0.25) is 0 Å². The van der Waals surface area contributed by atoms with Gasteiger partial charge in [-0.05, 0) is 67.2 Å². The third-order valence-corrected chi connectivity index (χ3v) is 6.86. The Bertz CT molecular complexity index is 812. The van der Waals surface area contributed by atoms with Gasteiger partial charge in [0, 0.05) is 17.6 Å². The highest BCUT2D eigenvalue weighted by atomic mass is 14.9. The first-order valence-corrected chi connectivity index (χ1v) is 9.32. The van der Waals surface area contributed by atoms with Crippen LogP contribution in [0.4, 0.5) is 5.69 Å². The monoisotopic (exact) mass is 316 g/mol. The van der Waals surface area contributed by atoms with Crippen LogP contribution in [-0.2, 0) is 0 Å². The van der Waals surface area contributed by atoms with Gasteiger partial charge in [-0.2, -0.15) is 5.26 Å². The number of rotatable bonds is 3. The van der Waals surface area contributed by atoms with Gasteiger partial charge in [-0.15, -0.1) is 0 Å². The van der Waals surface area contributed by atoms with Gasteiger partial charge in [0.05, 0.1) is 11.5 Å². The molecule has 1 N–H and O–H groups in total. The SMILES string of the molecule is N#CC12CC3CC(C1)CC(CNc1cccc4ccccc14)(C3)C2. The number of nitrogens with one attached hydrogen (secondary N) is 1. The number of nitriles is 1. The van der Waals surface area contributed by atoms with Crippen molar-refractivity contribution in [1.29, 1.82) is 5.26 Å². The number of hydrogen-bond acceptors (Lipinski definition) is 2. The largest absolute Gasteiger partial charge is 0.384 e. The Kier molecular flexibility index (Phi) is 2.98. The summed E-state index contributed by atoms with van der Waals surface area (Å²) in [5.74, 6) is 1.58. The zero-order valence-corrected chi connectivity index (χ0v) is 14.1. The summed E-state index contributed by atoms with van der Waals surface area (Å²) in [6, 6.07) is 17.8. The second kappa shape index (κ2) is 4.99. The van der Waals surface area contributed by atoms with Crippen LogP contribution in [0, 0.1) is 34.0 Å². The van der Waals surface area contributed by atoms with Crippen LogP contribution in [0.5, 0.6) is 0 Å². The minimum Gasteiger partial charge on any atom is -0.384 e. The molecule has 0 radical (unpaired) electrons. The Morgan fingerprint density at radius 1 is 1.00 bits per heavy atom. The second-order valence-corrected chi connectivity index (χ2v) is 8.73. The molecule has 0 heterocycles.